The van der Waals surface area contributed by atoms with Gasteiger partial charge in [0.25, 0.3) is 0 Å². The van der Waals surface area contributed by atoms with Gasteiger partial charge in [0.2, 0.25) is 5.91 Å². The van der Waals surface area contributed by atoms with Gasteiger partial charge in [-0.25, -0.2) is 9.97 Å². The molecule has 0 spiro atoms. The first-order valence-corrected chi connectivity index (χ1v) is 7.98. The third-order valence-corrected chi connectivity index (χ3v) is 3.78. The number of fused-ring (bicyclic) bond motifs is 1. The SMILES string of the molecule is NC(=O)c1ccccc1-c1ccncn1.Oc1ccc2ccccc2c1. The van der Waals surface area contributed by atoms with Crippen LogP contribution >= 0.6 is 0 Å². The molecule has 0 atom stereocenters. The van der Waals surface area contributed by atoms with E-state index in [0.29, 0.717) is 17.0 Å². The van der Waals surface area contributed by atoms with Crippen molar-refractivity contribution in [2.75, 3.05) is 0 Å². The smallest absolute Gasteiger partial charge is 0.249 e. The molecule has 4 aromatic rings. The van der Waals surface area contributed by atoms with Gasteiger partial charge < -0.3 is 10.8 Å². The maximum absolute atomic E-state index is 11.2. The van der Waals surface area contributed by atoms with Crippen LogP contribution in [0.1, 0.15) is 10.4 Å². The van der Waals surface area contributed by atoms with Crippen LogP contribution in [-0.4, -0.2) is 21.0 Å². The van der Waals surface area contributed by atoms with E-state index < -0.39 is 5.91 Å². The molecule has 26 heavy (non-hydrogen) atoms. The summed E-state index contributed by atoms with van der Waals surface area (Å²) >= 11 is 0. The first kappa shape index (κ1) is 17.1. The molecule has 5 nitrogen and oxygen atoms in total. The van der Waals surface area contributed by atoms with E-state index in [4.69, 9.17) is 10.8 Å². The number of aromatic hydroxyl groups is 1. The molecule has 0 aliphatic heterocycles. The second-order valence-corrected chi connectivity index (χ2v) is 5.54. The van der Waals surface area contributed by atoms with Gasteiger partial charge in [0.1, 0.15) is 12.1 Å². The number of carbonyl (C=O) groups is 1. The van der Waals surface area contributed by atoms with Crippen LogP contribution in [0.2, 0.25) is 0 Å². The second-order valence-electron chi connectivity index (χ2n) is 5.54. The Morgan fingerprint density at radius 1 is 0.885 bits per heavy atom. The van der Waals surface area contributed by atoms with Crippen LogP contribution in [0.25, 0.3) is 22.0 Å². The van der Waals surface area contributed by atoms with Crippen molar-refractivity contribution >= 4 is 16.7 Å². The number of phenols is 1. The standard InChI is InChI=1S/C11H9N3O.C10H8O/c12-11(15)9-4-2-1-3-8(9)10-5-6-13-7-14-10;11-10-6-5-8-3-1-2-4-9(8)7-10/h1-7H,(H2,12,15);1-7,11H. The number of amides is 1. The van der Waals surface area contributed by atoms with Crippen molar-refractivity contribution in [1.82, 2.24) is 9.97 Å². The fourth-order valence-electron chi connectivity index (χ4n) is 2.55. The minimum atomic E-state index is -0.454. The van der Waals surface area contributed by atoms with E-state index in [1.54, 1.807) is 36.5 Å². The number of nitrogens with zero attached hydrogens (tertiary/aromatic N) is 2. The normalized spacial score (nSPS) is 10.0. The molecule has 0 saturated heterocycles. The summed E-state index contributed by atoms with van der Waals surface area (Å²) in [7, 11) is 0. The largest absolute Gasteiger partial charge is 0.508 e. The molecular formula is C21H17N3O2. The van der Waals surface area contributed by atoms with Gasteiger partial charge in [-0.3, -0.25) is 4.79 Å². The van der Waals surface area contributed by atoms with Gasteiger partial charge in [0, 0.05) is 17.3 Å². The monoisotopic (exact) mass is 343 g/mol. The summed E-state index contributed by atoms with van der Waals surface area (Å²) < 4.78 is 0. The Labute approximate surface area is 150 Å². The zero-order chi connectivity index (χ0) is 18.4. The Morgan fingerprint density at radius 3 is 2.35 bits per heavy atom. The third kappa shape index (κ3) is 4.02. The van der Waals surface area contributed by atoms with Crippen LogP contribution in [0.3, 0.4) is 0 Å². The lowest BCUT2D eigenvalue weighted by atomic mass is 10.0. The van der Waals surface area contributed by atoms with Gasteiger partial charge in [0.05, 0.1) is 5.69 Å². The molecule has 0 saturated carbocycles. The average Bonchev–Trinajstić information content (AvgIpc) is 2.69. The highest BCUT2D eigenvalue weighted by Gasteiger charge is 2.09. The predicted octanol–water partition coefficient (Wildman–Crippen LogP) is 3.79. The van der Waals surface area contributed by atoms with Crippen LogP contribution in [0.5, 0.6) is 5.75 Å². The zero-order valence-corrected chi connectivity index (χ0v) is 13.9. The Balaban J connectivity index is 0.000000158. The fraction of sp³-hybridized carbons (Fsp3) is 0. The highest BCUT2D eigenvalue weighted by molar-refractivity contribution is 5.99. The van der Waals surface area contributed by atoms with Crippen LogP contribution < -0.4 is 5.73 Å². The Morgan fingerprint density at radius 2 is 1.62 bits per heavy atom. The number of primary amides is 1. The predicted molar refractivity (Wildman–Crippen MR) is 102 cm³/mol. The summed E-state index contributed by atoms with van der Waals surface area (Å²) in [6.45, 7) is 0. The van der Waals surface area contributed by atoms with E-state index in [-0.39, 0.29) is 0 Å². The number of benzene rings is 3. The van der Waals surface area contributed by atoms with Gasteiger partial charge in [-0.2, -0.15) is 0 Å². The molecule has 0 radical (unpaired) electrons. The number of hydrogen-bond donors (Lipinski definition) is 2. The number of aromatic nitrogens is 2. The van der Waals surface area contributed by atoms with Crippen LogP contribution in [0, 0.1) is 0 Å². The van der Waals surface area contributed by atoms with Crippen LogP contribution in [-0.2, 0) is 0 Å². The Kier molecular flexibility index (Phi) is 5.19. The number of nitrogens with two attached hydrogens (primary N) is 1. The van der Waals surface area contributed by atoms with E-state index in [1.807, 2.05) is 42.5 Å². The molecule has 1 aromatic heterocycles. The zero-order valence-electron chi connectivity index (χ0n) is 13.9. The average molecular weight is 343 g/mol. The molecule has 3 N–H and O–H groups in total. The molecule has 128 valence electrons. The molecule has 4 rings (SSSR count). The van der Waals surface area contributed by atoms with Gasteiger partial charge >= 0.3 is 0 Å². The second kappa shape index (κ2) is 7.90. The molecule has 0 fully saturated rings. The fourth-order valence-corrected chi connectivity index (χ4v) is 2.55. The van der Waals surface area contributed by atoms with Crippen molar-refractivity contribution in [2.45, 2.75) is 0 Å². The van der Waals surface area contributed by atoms with Gasteiger partial charge in [-0.15, -0.1) is 0 Å². The van der Waals surface area contributed by atoms with E-state index in [1.165, 1.54) is 6.33 Å². The molecule has 1 amide bonds. The third-order valence-electron chi connectivity index (χ3n) is 3.78. The summed E-state index contributed by atoms with van der Waals surface area (Å²) in [6, 6.07) is 22.1. The quantitative estimate of drug-likeness (QED) is 0.579. The minimum Gasteiger partial charge on any atom is -0.508 e. The maximum atomic E-state index is 11.2. The molecule has 0 unspecified atom stereocenters. The summed E-state index contributed by atoms with van der Waals surface area (Å²) in [5.74, 6) is -0.132. The number of phenolic OH excluding ortho intramolecular Hbond substituents is 1. The number of rotatable bonds is 2. The molecule has 3 aromatic carbocycles. The summed E-state index contributed by atoms with van der Waals surface area (Å²) in [6.07, 6.45) is 3.06. The summed E-state index contributed by atoms with van der Waals surface area (Å²) in [5.41, 5.74) is 7.16. The van der Waals surface area contributed by atoms with E-state index >= 15 is 0 Å². The van der Waals surface area contributed by atoms with Crippen molar-refractivity contribution in [3.63, 3.8) is 0 Å². The van der Waals surface area contributed by atoms with Gasteiger partial charge in [-0.05, 0) is 35.0 Å². The van der Waals surface area contributed by atoms with Crippen molar-refractivity contribution in [3.05, 3.63) is 90.9 Å². The Hall–Kier alpha value is -3.73. The first-order valence-electron chi connectivity index (χ1n) is 7.98. The molecule has 0 aliphatic rings. The maximum Gasteiger partial charge on any atom is 0.249 e. The van der Waals surface area contributed by atoms with Crippen molar-refractivity contribution in [2.24, 2.45) is 5.73 Å². The lowest BCUT2D eigenvalue weighted by Crippen LogP contribution is -2.12. The Bertz CT molecular complexity index is 1030. The molecule has 0 aliphatic carbocycles. The lowest BCUT2D eigenvalue weighted by molar-refractivity contribution is 0.100. The molecule has 5 heteroatoms. The van der Waals surface area contributed by atoms with E-state index in [2.05, 4.69) is 9.97 Å². The highest BCUT2D eigenvalue weighted by Crippen LogP contribution is 2.20. The van der Waals surface area contributed by atoms with Crippen LogP contribution in [0.15, 0.2) is 85.3 Å². The topological polar surface area (TPSA) is 89.1 Å². The van der Waals surface area contributed by atoms with E-state index in [0.717, 1.165) is 16.3 Å². The minimum absolute atomic E-state index is 0.323. The van der Waals surface area contributed by atoms with E-state index in [9.17, 15) is 4.79 Å². The molecule has 1 heterocycles. The lowest BCUT2D eigenvalue weighted by Gasteiger charge is -2.04. The van der Waals surface area contributed by atoms with Gasteiger partial charge in [0.15, 0.2) is 0 Å². The van der Waals surface area contributed by atoms with Crippen molar-refractivity contribution in [1.29, 1.82) is 0 Å². The van der Waals surface area contributed by atoms with Crippen molar-refractivity contribution in [3.8, 4) is 17.0 Å². The highest BCUT2D eigenvalue weighted by atomic mass is 16.3. The summed E-state index contributed by atoms with van der Waals surface area (Å²) in [5, 5.41) is 11.4. The van der Waals surface area contributed by atoms with Crippen molar-refractivity contribution < 1.29 is 9.90 Å². The summed E-state index contributed by atoms with van der Waals surface area (Å²) in [4.78, 5) is 19.1. The van der Waals surface area contributed by atoms with Gasteiger partial charge in [-0.1, -0.05) is 48.5 Å². The number of hydrogen-bond acceptors (Lipinski definition) is 4. The van der Waals surface area contributed by atoms with Crippen LogP contribution in [0.4, 0.5) is 0 Å². The molecular weight excluding hydrogens is 326 g/mol. The number of carbonyl (C=O) groups excluding carboxylic acids is 1. The molecule has 0 bridgehead atoms. The first-order chi connectivity index (χ1) is 12.6.